The van der Waals surface area contributed by atoms with E-state index in [1.54, 1.807) is 0 Å². The number of hydrogen-bond acceptors (Lipinski definition) is 3. The molecule has 0 bridgehead atoms. The van der Waals surface area contributed by atoms with Crippen LogP contribution in [0.25, 0.3) is 0 Å². The number of nitrogens with one attached hydrogen (secondary N) is 1. The van der Waals surface area contributed by atoms with Gasteiger partial charge in [0.2, 0.25) is 0 Å². The highest BCUT2D eigenvalue weighted by Gasteiger charge is 2.30. The first-order valence-electron chi connectivity index (χ1n) is 6.00. The predicted octanol–water partition coefficient (Wildman–Crippen LogP) is 0.539. The van der Waals surface area contributed by atoms with Crippen molar-refractivity contribution >= 4 is 0 Å². The van der Waals surface area contributed by atoms with Crippen molar-refractivity contribution in [1.29, 1.82) is 0 Å². The van der Waals surface area contributed by atoms with Crippen molar-refractivity contribution in [1.82, 2.24) is 15.1 Å². The summed E-state index contributed by atoms with van der Waals surface area (Å²) in [6.07, 6.45) is 3.37. The lowest BCUT2D eigenvalue weighted by Crippen LogP contribution is -2.57. The molecule has 2 saturated heterocycles. The Kier molecular flexibility index (Phi) is 3.44. The van der Waals surface area contributed by atoms with Crippen molar-refractivity contribution in [3.8, 4) is 0 Å². The highest BCUT2D eigenvalue weighted by atomic mass is 15.3. The van der Waals surface area contributed by atoms with Crippen LogP contribution in [0.1, 0.15) is 13.3 Å². The van der Waals surface area contributed by atoms with E-state index in [0.29, 0.717) is 12.1 Å². The molecule has 0 aliphatic carbocycles. The van der Waals surface area contributed by atoms with E-state index in [1.165, 1.54) is 26.1 Å². The third-order valence-electron chi connectivity index (χ3n) is 3.61. The molecule has 2 heterocycles. The summed E-state index contributed by atoms with van der Waals surface area (Å²) in [4.78, 5) is 5.07. The first-order chi connectivity index (χ1) is 7.19. The lowest BCUT2D eigenvalue weighted by molar-refractivity contribution is 0.133. The van der Waals surface area contributed by atoms with Gasteiger partial charge in [-0.05, 0) is 26.9 Å². The summed E-state index contributed by atoms with van der Waals surface area (Å²) < 4.78 is 0. The molecule has 0 aromatic heterocycles. The molecule has 0 saturated carbocycles. The average molecular weight is 209 g/mol. The van der Waals surface area contributed by atoms with Crippen molar-refractivity contribution in [3.05, 3.63) is 12.7 Å². The highest BCUT2D eigenvalue weighted by Crippen LogP contribution is 2.17. The SMILES string of the molecule is C=C[C@@H]1CN(C2CCN(C)C2)C[C@@H](C)N1. The standard InChI is InChI=1S/C12H23N3/c1-4-11-8-15(7-10(2)13-11)12-5-6-14(3)9-12/h4,10-13H,1,5-9H2,2-3H3/t10-,11-,12?/m1/s1. The summed E-state index contributed by atoms with van der Waals surface area (Å²) in [6, 6.07) is 1.83. The molecule has 0 aromatic carbocycles. The highest BCUT2D eigenvalue weighted by molar-refractivity contribution is 4.97. The Bertz CT molecular complexity index is 229. The molecule has 0 amide bonds. The fraction of sp³-hybridized carbons (Fsp3) is 0.833. The Hall–Kier alpha value is -0.380. The van der Waals surface area contributed by atoms with Gasteiger partial charge in [0.1, 0.15) is 0 Å². The smallest absolute Gasteiger partial charge is 0.0378 e. The second kappa shape index (κ2) is 4.64. The molecule has 3 heteroatoms. The van der Waals surface area contributed by atoms with Crippen LogP contribution in [-0.4, -0.2) is 61.2 Å². The minimum Gasteiger partial charge on any atom is -0.306 e. The molecule has 2 rings (SSSR count). The number of nitrogens with zero attached hydrogens (tertiary/aromatic N) is 2. The van der Waals surface area contributed by atoms with E-state index in [4.69, 9.17) is 0 Å². The third-order valence-corrected chi connectivity index (χ3v) is 3.61. The number of piperazine rings is 1. The molecule has 1 unspecified atom stereocenters. The molecular formula is C12H23N3. The Labute approximate surface area is 93.1 Å². The van der Waals surface area contributed by atoms with E-state index in [0.717, 1.165) is 12.6 Å². The fourth-order valence-electron chi connectivity index (χ4n) is 2.80. The zero-order valence-corrected chi connectivity index (χ0v) is 9.95. The Balaban J connectivity index is 1.93. The maximum Gasteiger partial charge on any atom is 0.0378 e. The van der Waals surface area contributed by atoms with Crippen molar-refractivity contribution in [2.75, 3.05) is 33.2 Å². The Morgan fingerprint density at radius 1 is 1.33 bits per heavy atom. The lowest BCUT2D eigenvalue weighted by atomic mass is 10.1. The third kappa shape index (κ3) is 2.60. The van der Waals surface area contributed by atoms with Crippen molar-refractivity contribution < 1.29 is 0 Å². The lowest BCUT2D eigenvalue weighted by Gasteiger charge is -2.39. The van der Waals surface area contributed by atoms with E-state index in [2.05, 4.69) is 35.7 Å². The van der Waals surface area contributed by atoms with Crippen LogP contribution in [0.15, 0.2) is 12.7 Å². The number of likely N-dealkylation sites (tertiary alicyclic amines) is 1. The summed E-state index contributed by atoms with van der Waals surface area (Å²) in [5.41, 5.74) is 0. The van der Waals surface area contributed by atoms with Crippen LogP contribution in [-0.2, 0) is 0 Å². The summed E-state index contributed by atoms with van der Waals surface area (Å²) in [7, 11) is 2.22. The van der Waals surface area contributed by atoms with Crippen LogP contribution in [0.4, 0.5) is 0 Å². The molecular weight excluding hydrogens is 186 g/mol. The van der Waals surface area contributed by atoms with Gasteiger partial charge in [-0.15, -0.1) is 6.58 Å². The predicted molar refractivity (Wildman–Crippen MR) is 64.1 cm³/mol. The van der Waals surface area contributed by atoms with Crippen LogP contribution < -0.4 is 5.32 Å². The molecule has 15 heavy (non-hydrogen) atoms. The van der Waals surface area contributed by atoms with Gasteiger partial charge in [0.25, 0.3) is 0 Å². The quantitative estimate of drug-likeness (QED) is 0.670. The molecule has 2 aliphatic heterocycles. The van der Waals surface area contributed by atoms with Gasteiger partial charge in [-0.2, -0.15) is 0 Å². The molecule has 3 nitrogen and oxygen atoms in total. The maximum absolute atomic E-state index is 3.90. The van der Waals surface area contributed by atoms with Gasteiger partial charge in [0.05, 0.1) is 0 Å². The molecule has 2 aliphatic rings. The average Bonchev–Trinajstić information content (AvgIpc) is 2.64. The summed E-state index contributed by atoms with van der Waals surface area (Å²) in [5.74, 6) is 0. The van der Waals surface area contributed by atoms with Gasteiger partial charge in [-0.25, -0.2) is 0 Å². The zero-order valence-electron chi connectivity index (χ0n) is 9.95. The first kappa shape index (κ1) is 11.1. The number of hydrogen-bond donors (Lipinski definition) is 1. The second-order valence-electron chi connectivity index (χ2n) is 5.07. The molecule has 0 aromatic rings. The van der Waals surface area contributed by atoms with E-state index >= 15 is 0 Å². The molecule has 0 radical (unpaired) electrons. The second-order valence-corrected chi connectivity index (χ2v) is 5.07. The first-order valence-corrected chi connectivity index (χ1v) is 6.00. The van der Waals surface area contributed by atoms with Gasteiger partial charge in [-0.1, -0.05) is 6.08 Å². The van der Waals surface area contributed by atoms with Gasteiger partial charge in [0.15, 0.2) is 0 Å². The molecule has 0 spiro atoms. The monoisotopic (exact) mass is 209 g/mol. The van der Waals surface area contributed by atoms with Crippen molar-refractivity contribution in [3.63, 3.8) is 0 Å². The van der Waals surface area contributed by atoms with Gasteiger partial charge < -0.3 is 10.2 Å². The Morgan fingerprint density at radius 3 is 2.73 bits per heavy atom. The number of likely N-dealkylation sites (N-methyl/N-ethyl adjacent to an activating group) is 1. The minimum absolute atomic E-state index is 0.472. The van der Waals surface area contributed by atoms with Crippen LogP contribution in [0.3, 0.4) is 0 Å². The van der Waals surface area contributed by atoms with Gasteiger partial charge in [0, 0.05) is 37.8 Å². The van der Waals surface area contributed by atoms with E-state index < -0.39 is 0 Å². The van der Waals surface area contributed by atoms with E-state index in [-0.39, 0.29) is 0 Å². The van der Waals surface area contributed by atoms with E-state index in [9.17, 15) is 0 Å². The van der Waals surface area contributed by atoms with Crippen LogP contribution in [0, 0.1) is 0 Å². The zero-order chi connectivity index (χ0) is 10.8. The van der Waals surface area contributed by atoms with Crippen molar-refractivity contribution in [2.24, 2.45) is 0 Å². The van der Waals surface area contributed by atoms with Gasteiger partial charge in [-0.3, -0.25) is 4.90 Å². The Morgan fingerprint density at radius 2 is 2.13 bits per heavy atom. The van der Waals surface area contributed by atoms with Crippen molar-refractivity contribution in [2.45, 2.75) is 31.5 Å². The normalized spacial score (nSPS) is 39.5. The summed E-state index contributed by atoms with van der Waals surface area (Å²) >= 11 is 0. The summed E-state index contributed by atoms with van der Waals surface area (Å²) in [5, 5.41) is 3.56. The van der Waals surface area contributed by atoms with E-state index in [1.807, 2.05) is 6.08 Å². The summed E-state index contributed by atoms with van der Waals surface area (Å²) in [6.45, 7) is 11.0. The largest absolute Gasteiger partial charge is 0.306 e. The maximum atomic E-state index is 3.90. The fourth-order valence-corrected chi connectivity index (χ4v) is 2.80. The molecule has 86 valence electrons. The minimum atomic E-state index is 0.472. The van der Waals surface area contributed by atoms with Crippen LogP contribution >= 0.6 is 0 Å². The van der Waals surface area contributed by atoms with Gasteiger partial charge >= 0.3 is 0 Å². The van der Waals surface area contributed by atoms with Crippen LogP contribution in [0.5, 0.6) is 0 Å². The molecule has 1 N–H and O–H groups in total. The molecule has 3 atom stereocenters. The molecule has 2 fully saturated rings. The number of rotatable bonds is 2. The van der Waals surface area contributed by atoms with Crippen LogP contribution in [0.2, 0.25) is 0 Å². The topological polar surface area (TPSA) is 18.5 Å².